The van der Waals surface area contributed by atoms with Crippen LogP contribution in [0.2, 0.25) is 0 Å². The molecule has 0 aromatic heterocycles. The number of urea groups is 1. The van der Waals surface area contributed by atoms with Crippen LogP contribution >= 0.6 is 0 Å². The van der Waals surface area contributed by atoms with Gasteiger partial charge < -0.3 is 16.0 Å². The molecule has 4 nitrogen and oxygen atoms in total. The Bertz CT molecular complexity index is 195. The van der Waals surface area contributed by atoms with Crippen LogP contribution in [0.5, 0.6) is 0 Å². The minimum atomic E-state index is 0.0707. The van der Waals surface area contributed by atoms with Crippen molar-refractivity contribution in [2.45, 2.75) is 31.3 Å². The number of rotatable bonds is 0. The molecule has 2 rings (SSSR count). The quantitative estimate of drug-likeness (QED) is 0.531. The highest BCUT2D eigenvalue weighted by Crippen LogP contribution is 2.20. The molecule has 2 amide bonds. The number of nitrogens with two attached hydrogens (primary N) is 1. The predicted octanol–water partition coefficient (Wildman–Crippen LogP) is -0.109. The summed E-state index contributed by atoms with van der Waals surface area (Å²) in [5.41, 5.74) is 5.78. The maximum absolute atomic E-state index is 11.3. The van der Waals surface area contributed by atoms with Crippen molar-refractivity contribution in [1.82, 2.24) is 10.2 Å². The van der Waals surface area contributed by atoms with E-state index in [4.69, 9.17) is 5.73 Å². The molecular weight excluding hydrogens is 154 g/mol. The highest BCUT2D eigenvalue weighted by atomic mass is 16.2. The van der Waals surface area contributed by atoms with Gasteiger partial charge in [-0.25, -0.2) is 4.79 Å². The lowest BCUT2D eigenvalue weighted by Crippen LogP contribution is -2.58. The van der Waals surface area contributed by atoms with Crippen LogP contribution in [0.4, 0.5) is 4.79 Å². The van der Waals surface area contributed by atoms with Crippen molar-refractivity contribution < 1.29 is 4.79 Å². The molecule has 4 heteroatoms. The maximum Gasteiger partial charge on any atom is 0.317 e. The Morgan fingerprint density at radius 2 is 2.25 bits per heavy atom. The van der Waals surface area contributed by atoms with Gasteiger partial charge in [0, 0.05) is 25.2 Å². The SMILES string of the molecule is NC1CCC2CCNC(=O)N2C1. The first-order valence-electron chi connectivity index (χ1n) is 4.57. The van der Waals surface area contributed by atoms with Gasteiger partial charge >= 0.3 is 6.03 Å². The summed E-state index contributed by atoms with van der Waals surface area (Å²) in [4.78, 5) is 13.2. The number of carbonyl (C=O) groups is 1. The van der Waals surface area contributed by atoms with Crippen LogP contribution in [0.15, 0.2) is 0 Å². The molecule has 2 aliphatic rings. The molecule has 68 valence electrons. The monoisotopic (exact) mass is 169 g/mol. The van der Waals surface area contributed by atoms with E-state index in [0.717, 1.165) is 32.4 Å². The van der Waals surface area contributed by atoms with Gasteiger partial charge in [0.05, 0.1) is 0 Å². The lowest BCUT2D eigenvalue weighted by molar-refractivity contribution is 0.121. The Morgan fingerprint density at radius 3 is 3.08 bits per heavy atom. The first kappa shape index (κ1) is 7.86. The minimum Gasteiger partial charge on any atom is -0.338 e. The zero-order chi connectivity index (χ0) is 8.55. The molecule has 0 radical (unpaired) electrons. The fourth-order valence-corrected chi connectivity index (χ4v) is 2.05. The largest absolute Gasteiger partial charge is 0.338 e. The molecular formula is C8H15N3O. The van der Waals surface area contributed by atoms with Gasteiger partial charge in [0.2, 0.25) is 0 Å². The van der Waals surface area contributed by atoms with Gasteiger partial charge in [-0.1, -0.05) is 0 Å². The molecule has 0 aliphatic carbocycles. The zero-order valence-electron chi connectivity index (χ0n) is 7.12. The zero-order valence-corrected chi connectivity index (χ0v) is 7.12. The third-order valence-electron chi connectivity index (χ3n) is 2.76. The molecule has 2 fully saturated rings. The van der Waals surface area contributed by atoms with Crippen LogP contribution in [-0.4, -0.2) is 36.1 Å². The number of amides is 2. The summed E-state index contributed by atoms with van der Waals surface area (Å²) in [5, 5.41) is 2.83. The van der Waals surface area contributed by atoms with Gasteiger partial charge in [-0.15, -0.1) is 0 Å². The first-order valence-corrected chi connectivity index (χ1v) is 4.57. The van der Waals surface area contributed by atoms with E-state index >= 15 is 0 Å². The lowest BCUT2D eigenvalue weighted by Gasteiger charge is -2.41. The van der Waals surface area contributed by atoms with Crippen molar-refractivity contribution in [3.8, 4) is 0 Å². The molecule has 2 aliphatic heterocycles. The lowest BCUT2D eigenvalue weighted by atomic mass is 9.95. The van der Waals surface area contributed by atoms with Crippen LogP contribution in [0.25, 0.3) is 0 Å². The number of nitrogens with zero attached hydrogens (tertiary/aromatic N) is 1. The molecule has 0 aromatic rings. The van der Waals surface area contributed by atoms with Gasteiger partial charge in [-0.3, -0.25) is 0 Å². The molecule has 2 heterocycles. The third kappa shape index (κ3) is 1.27. The predicted molar refractivity (Wildman–Crippen MR) is 45.7 cm³/mol. The molecule has 2 atom stereocenters. The Kier molecular flexibility index (Phi) is 1.92. The fraction of sp³-hybridized carbons (Fsp3) is 0.875. The normalized spacial score (nSPS) is 35.8. The highest BCUT2D eigenvalue weighted by molar-refractivity contribution is 5.75. The number of hydrogen-bond donors (Lipinski definition) is 2. The van der Waals surface area contributed by atoms with E-state index < -0.39 is 0 Å². The second-order valence-electron chi connectivity index (χ2n) is 3.66. The molecule has 0 bridgehead atoms. The van der Waals surface area contributed by atoms with Gasteiger partial charge in [-0.05, 0) is 19.3 Å². The fourth-order valence-electron chi connectivity index (χ4n) is 2.05. The average molecular weight is 169 g/mol. The van der Waals surface area contributed by atoms with E-state index in [2.05, 4.69) is 5.32 Å². The molecule has 2 unspecified atom stereocenters. The summed E-state index contributed by atoms with van der Waals surface area (Å²) in [6.45, 7) is 1.56. The van der Waals surface area contributed by atoms with Crippen LogP contribution in [0.3, 0.4) is 0 Å². The summed E-state index contributed by atoms with van der Waals surface area (Å²) >= 11 is 0. The Labute approximate surface area is 72.1 Å². The Morgan fingerprint density at radius 1 is 1.42 bits per heavy atom. The Hall–Kier alpha value is -0.770. The number of carbonyl (C=O) groups excluding carboxylic acids is 1. The molecule has 3 N–H and O–H groups in total. The van der Waals surface area contributed by atoms with E-state index in [-0.39, 0.29) is 12.1 Å². The molecule has 12 heavy (non-hydrogen) atoms. The van der Waals surface area contributed by atoms with Crippen molar-refractivity contribution in [2.24, 2.45) is 5.73 Å². The molecule has 0 saturated carbocycles. The summed E-state index contributed by atoms with van der Waals surface area (Å²) < 4.78 is 0. The van der Waals surface area contributed by atoms with Crippen molar-refractivity contribution in [2.75, 3.05) is 13.1 Å². The highest BCUT2D eigenvalue weighted by Gasteiger charge is 2.32. The van der Waals surface area contributed by atoms with Crippen LogP contribution in [-0.2, 0) is 0 Å². The van der Waals surface area contributed by atoms with Crippen LogP contribution < -0.4 is 11.1 Å². The molecule has 2 saturated heterocycles. The van der Waals surface area contributed by atoms with E-state index in [0.29, 0.717) is 6.04 Å². The van der Waals surface area contributed by atoms with Gasteiger partial charge in [0.25, 0.3) is 0 Å². The average Bonchev–Trinajstić information content (AvgIpc) is 2.07. The summed E-state index contributed by atoms with van der Waals surface area (Å²) in [5.74, 6) is 0. The van der Waals surface area contributed by atoms with E-state index in [1.54, 1.807) is 0 Å². The van der Waals surface area contributed by atoms with E-state index in [9.17, 15) is 4.79 Å². The summed E-state index contributed by atoms with van der Waals surface area (Å²) in [7, 11) is 0. The van der Waals surface area contributed by atoms with Crippen LogP contribution in [0, 0.1) is 0 Å². The number of piperidine rings is 1. The standard InChI is InChI=1S/C8H15N3O/c9-6-1-2-7-3-4-10-8(12)11(7)5-6/h6-7H,1-5,9H2,(H,10,12). The van der Waals surface area contributed by atoms with E-state index in [1.807, 2.05) is 4.90 Å². The van der Waals surface area contributed by atoms with Crippen molar-refractivity contribution in [3.05, 3.63) is 0 Å². The van der Waals surface area contributed by atoms with E-state index in [1.165, 1.54) is 0 Å². The number of nitrogens with one attached hydrogen (secondary N) is 1. The first-order chi connectivity index (χ1) is 5.77. The maximum atomic E-state index is 11.3. The number of fused-ring (bicyclic) bond motifs is 1. The van der Waals surface area contributed by atoms with Gasteiger partial charge in [0.15, 0.2) is 0 Å². The molecule has 0 spiro atoms. The van der Waals surface area contributed by atoms with Gasteiger partial charge in [0.1, 0.15) is 0 Å². The van der Waals surface area contributed by atoms with Crippen LogP contribution in [0.1, 0.15) is 19.3 Å². The van der Waals surface area contributed by atoms with Crippen molar-refractivity contribution in [1.29, 1.82) is 0 Å². The van der Waals surface area contributed by atoms with Crippen molar-refractivity contribution >= 4 is 6.03 Å². The smallest absolute Gasteiger partial charge is 0.317 e. The Balaban J connectivity index is 2.05. The second kappa shape index (κ2) is 2.94. The number of hydrogen-bond acceptors (Lipinski definition) is 2. The summed E-state index contributed by atoms with van der Waals surface area (Å²) in [6.07, 6.45) is 3.22. The molecule has 0 aromatic carbocycles. The minimum absolute atomic E-state index is 0.0707. The second-order valence-corrected chi connectivity index (χ2v) is 3.66. The topological polar surface area (TPSA) is 58.4 Å². The third-order valence-corrected chi connectivity index (χ3v) is 2.76. The van der Waals surface area contributed by atoms with Crippen molar-refractivity contribution in [3.63, 3.8) is 0 Å². The summed E-state index contributed by atoms with van der Waals surface area (Å²) in [6, 6.07) is 0.713. The van der Waals surface area contributed by atoms with Gasteiger partial charge in [-0.2, -0.15) is 0 Å².